The molecule has 0 radical (unpaired) electrons. The molecular formula is C22H30N4O5S. The van der Waals surface area contributed by atoms with Gasteiger partial charge in [-0.2, -0.15) is 9.40 Å². The van der Waals surface area contributed by atoms with Gasteiger partial charge in [-0.25, -0.2) is 17.9 Å². The van der Waals surface area contributed by atoms with Gasteiger partial charge in [0.2, 0.25) is 10.0 Å². The van der Waals surface area contributed by atoms with E-state index in [0.717, 1.165) is 0 Å². The molecule has 0 saturated carbocycles. The number of anilines is 1. The maximum atomic E-state index is 12.5. The van der Waals surface area contributed by atoms with E-state index in [1.165, 1.54) is 35.5 Å². The molecule has 2 aromatic rings. The van der Waals surface area contributed by atoms with E-state index in [2.05, 4.69) is 10.4 Å². The van der Waals surface area contributed by atoms with Gasteiger partial charge in [0.1, 0.15) is 5.82 Å². The molecule has 1 unspecified atom stereocenters. The van der Waals surface area contributed by atoms with E-state index in [1.54, 1.807) is 42.9 Å². The molecule has 0 bridgehead atoms. The SMILES string of the molecule is CCN(CC)S(=O)(=O)c1ccc(/C=C/C(=O)OC(C)C(=O)Nc2ccnn2C(C)C)cc1. The zero-order valence-corrected chi connectivity index (χ0v) is 19.8. The summed E-state index contributed by atoms with van der Waals surface area (Å²) in [6.07, 6.45) is 3.25. The Morgan fingerprint density at radius 1 is 1.12 bits per heavy atom. The highest BCUT2D eigenvalue weighted by atomic mass is 32.2. The largest absolute Gasteiger partial charge is 0.449 e. The van der Waals surface area contributed by atoms with Crippen LogP contribution < -0.4 is 5.32 Å². The van der Waals surface area contributed by atoms with E-state index < -0.39 is 28.0 Å². The van der Waals surface area contributed by atoms with Crippen LogP contribution in [-0.4, -0.2) is 53.6 Å². The fourth-order valence-electron chi connectivity index (χ4n) is 2.95. The molecule has 32 heavy (non-hydrogen) atoms. The number of benzene rings is 1. The number of carbonyl (C=O) groups excluding carboxylic acids is 2. The molecule has 0 saturated heterocycles. The molecule has 9 nitrogen and oxygen atoms in total. The second-order valence-electron chi connectivity index (χ2n) is 7.31. The van der Waals surface area contributed by atoms with E-state index in [9.17, 15) is 18.0 Å². The van der Waals surface area contributed by atoms with Gasteiger partial charge < -0.3 is 10.1 Å². The second-order valence-corrected chi connectivity index (χ2v) is 9.25. The normalized spacial score (nSPS) is 13.0. The molecule has 2 rings (SSSR count). The second kappa shape index (κ2) is 11.1. The number of sulfonamides is 1. The van der Waals surface area contributed by atoms with Gasteiger partial charge in [0.15, 0.2) is 6.10 Å². The fraction of sp³-hybridized carbons (Fsp3) is 0.409. The average Bonchev–Trinajstić information content (AvgIpc) is 3.21. The van der Waals surface area contributed by atoms with Crippen LogP contribution in [0.15, 0.2) is 47.5 Å². The Bertz CT molecular complexity index is 1050. The number of hydrogen-bond donors (Lipinski definition) is 1. The van der Waals surface area contributed by atoms with Gasteiger partial charge >= 0.3 is 5.97 Å². The molecule has 0 spiro atoms. The molecular weight excluding hydrogens is 432 g/mol. The van der Waals surface area contributed by atoms with Gasteiger partial charge in [0.25, 0.3) is 5.91 Å². The van der Waals surface area contributed by atoms with Gasteiger partial charge in [0, 0.05) is 31.3 Å². The number of rotatable bonds is 10. The topological polar surface area (TPSA) is 111 Å². The van der Waals surface area contributed by atoms with E-state index in [0.29, 0.717) is 24.5 Å². The summed E-state index contributed by atoms with van der Waals surface area (Å²) in [6.45, 7) is 9.68. The molecule has 1 atom stereocenters. The third kappa shape index (κ3) is 6.27. The summed E-state index contributed by atoms with van der Waals surface area (Å²) in [5.41, 5.74) is 0.624. The summed E-state index contributed by atoms with van der Waals surface area (Å²) >= 11 is 0. The lowest BCUT2D eigenvalue weighted by atomic mass is 10.2. The Kier molecular flexibility index (Phi) is 8.73. The lowest BCUT2D eigenvalue weighted by molar-refractivity contribution is -0.148. The highest BCUT2D eigenvalue weighted by Crippen LogP contribution is 2.17. The molecule has 1 aromatic carbocycles. The predicted octanol–water partition coefficient (Wildman–Crippen LogP) is 3.08. The van der Waals surface area contributed by atoms with Crippen molar-refractivity contribution in [3.63, 3.8) is 0 Å². The Balaban J connectivity index is 1.96. The van der Waals surface area contributed by atoms with Crippen LogP contribution in [-0.2, 0) is 24.3 Å². The molecule has 0 aliphatic rings. The van der Waals surface area contributed by atoms with Gasteiger partial charge in [0.05, 0.1) is 11.1 Å². The first kappa shape index (κ1) is 25.3. The molecule has 1 heterocycles. The fourth-order valence-corrected chi connectivity index (χ4v) is 4.41. The Labute approximate surface area is 189 Å². The zero-order valence-electron chi connectivity index (χ0n) is 19.0. The van der Waals surface area contributed by atoms with E-state index in [1.807, 2.05) is 13.8 Å². The summed E-state index contributed by atoms with van der Waals surface area (Å²) < 4.78 is 33.2. The number of amides is 1. The summed E-state index contributed by atoms with van der Waals surface area (Å²) in [7, 11) is -3.54. The van der Waals surface area contributed by atoms with Crippen LogP contribution >= 0.6 is 0 Å². The van der Waals surface area contributed by atoms with E-state index in [4.69, 9.17) is 4.74 Å². The van der Waals surface area contributed by atoms with Crippen molar-refractivity contribution in [1.29, 1.82) is 0 Å². The molecule has 1 N–H and O–H groups in total. The van der Waals surface area contributed by atoms with Crippen LogP contribution in [0.2, 0.25) is 0 Å². The van der Waals surface area contributed by atoms with Crippen LogP contribution in [0.5, 0.6) is 0 Å². The van der Waals surface area contributed by atoms with Crippen molar-refractivity contribution in [2.45, 2.75) is 51.7 Å². The van der Waals surface area contributed by atoms with Crippen molar-refractivity contribution in [3.05, 3.63) is 48.2 Å². The predicted molar refractivity (Wildman–Crippen MR) is 122 cm³/mol. The molecule has 0 aliphatic carbocycles. The molecule has 1 aromatic heterocycles. The lowest BCUT2D eigenvalue weighted by Crippen LogP contribution is -2.30. The minimum Gasteiger partial charge on any atom is -0.449 e. The van der Waals surface area contributed by atoms with Crippen molar-refractivity contribution >= 4 is 33.8 Å². The molecule has 0 fully saturated rings. The number of nitrogens with one attached hydrogen (secondary N) is 1. The number of nitrogens with zero attached hydrogens (tertiary/aromatic N) is 3. The van der Waals surface area contributed by atoms with Crippen molar-refractivity contribution in [1.82, 2.24) is 14.1 Å². The first-order valence-corrected chi connectivity index (χ1v) is 11.9. The minimum atomic E-state index is -3.54. The van der Waals surface area contributed by atoms with Crippen LogP contribution in [0.25, 0.3) is 6.08 Å². The van der Waals surface area contributed by atoms with Gasteiger partial charge in [-0.05, 0) is 44.5 Å². The molecule has 0 aliphatic heterocycles. The summed E-state index contributed by atoms with van der Waals surface area (Å²) in [5.74, 6) is -0.645. The third-order valence-corrected chi connectivity index (χ3v) is 6.77. The van der Waals surface area contributed by atoms with Crippen molar-refractivity contribution in [2.75, 3.05) is 18.4 Å². The summed E-state index contributed by atoms with van der Waals surface area (Å²) in [4.78, 5) is 24.6. The third-order valence-electron chi connectivity index (χ3n) is 4.71. The Morgan fingerprint density at radius 3 is 2.31 bits per heavy atom. The minimum absolute atomic E-state index is 0.0643. The van der Waals surface area contributed by atoms with Crippen LogP contribution in [0.1, 0.15) is 46.2 Å². The van der Waals surface area contributed by atoms with Gasteiger partial charge in [-0.15, -0.1) is 0 Å². The molecule has 1 amide bonds. The number of carbonyl (C=O) groups is 2. The number of hydrogen-bond acceptors (Lipinski definition) is 6. The lowest BCUT2D eigenvalue weighted by Gasteiger charge is -2.18. The zero-order chi connectivity index (χ0) is 23.9. The van der Waals surface area contributed by atoms with Crippen LogP contribution in [0, 0.1) is 0 Å². The maximum absolute atomic E-state index is 12.5. The van der Waals surface area contributed by atoms with Crippen molar-refractivity contribution in [2.24, 2.45) is 0 Å². The number of ether oxygens (including phenoxy) is 1. The molecule has 10 heteroatoms. The summed E-state index contributed by atoms with van der Waals surface area (Å²) in [6, 6.07) is 7.91. The summed E-state index contributed by atoms with van der Waals surface area (Å²) in [5, 5.41) is 6.82. The maximum Gasteiger partial charge on any atom is 0.331 e. The highest BCUT2D eigenvalue weighted by Gasteiger charge is 2.21. The van der Waals surface area contributed by atoms with Crippen molar-refractivity contribution < 1.29 is 22.7 Å². The highest BCUT2D eigenvalue weighted by molar-refractivity contribution is 7.89. The van der Waals surface area contributed by atoms with E-state index >= 15 is 0 Å². The first-order chi connectivity index (χ1) is 15.1. The van der Waals surface area contributed by atoms with Crippen LogP contribution in [0.4, 0.5) is 5.82 Å². The number of esters is 1. The van der Waals surface area contributed by atoms with Gasteiger partial charge in [-0.1, -0.05) is 26.0 Å². The average molecular weight is 463 g/mol. The number of aromatic nitrogens is 2. The molecule has 174 valence electrons. The first-order valence-electron chi connectivity index (χ1n) is 10.4. The standard InChI is InChI=1S/C22H30N4O5S/c1-6-25(7-2)32(29,30)19-11-8-18(9-12-19)10-13-21(27)31-17(5)22(28)24-20-14-15-23-26(20)16(3)4/h8-17H,6-7H2,1-5H3,(H,24,28)/b13-10+. The van der Waals surface area contributed by atoms with Gasteiger partial charge in [-0.3, -0.25) is 4.79 Å². The van der Waals surface area contributed by atoms with E-state index in [-0.39, 0.29) is 10.9 Å². The quantitative estimate of drug-likeness (QED) is 0.429. The Hall–Kier alpha value is -2.98. The smallest absolute Gasteiger partial charge is 0.331 e. The van der Waals surface area contributed by atoms with Crippen molar-refractivity contribution in [3.8, 4) is 0 Å². The monoisotopic (exact) mass is 462 g/mol. The Morgan fingerprint density at radius 2 is 1.75 bits per heavy atom. The van der Waals surface area contributed by atoms with Crippen LogP contribution in [0.3, 0.4) is 0 Å².